The van der Waals surface area contributed by atoms with Crippen LogP contribution in [0, 0.1) is 0 Å². The second kappa shape index (κ2) is 7.65. The fourth-order valence-corrected chi connectivity index (χ4v) is 5.23. The first-order valence-electron chi connectivity index (χ1n) is 9.95. The molecule has 1 amide bonds. The average molecular weight is 504 g/mol. The molecule has 7 nitrogen and oxygen atoms in total. The van der Waals surface area contributed by atoms with Crippen LogP contribution in [0.2, 0.25) is 0 Å². The van der Waals surface area contributed by atoms with Crippen molar-refractivity contribution in [3.8, 4) is 28.4 Å². The summed E-state index contributed by atoms with van der Waals surface area (Å²) in [6.45, 7) is 5.85. The van der Waals surface area contributed by atoms with Gasteiger partial charge in [0.05, 0.1) is 41.7 Å². The standard InChI is InChI=1S/C22H22BrN3O4S/c1-22(2)12-29-6-5-25(22)21(27)19-15-10-30-17-9-18(28-3)16(23)8-14(17)20(15)26(24-19)13-4-7-31-11-13/h4,7-9,11H,5-6,10,12H2,1-3H3. The molecule has 0 bridgehead atoms. The summed E-state index contributed by atoms with van der Waals surface area (Å²) in [5.41, 5.74) is 3.47. The first kappa shape index (κ1) is 20.5. The zero-order valence-electron chi connectivity index (χ0n) is 17.5. The first-order valence-corrected chi connectivity index (χ1v) is 11.7. The Labute approximate surface area is 192 Å². The molecule has 0 radical (unpaired) electrons. The van der Waals surface area contributed by atoms with Crippen LogP contribution in [-0.2, 0) is 11.3 Å². The number of carbonyl (C=O) groups is 1. The Morgan fingerprint density at radius 2 is 2.19 bits per heavy atom. The predicted molar refractivity (Wildman–Crippen MR) is 121 cm³/mol. The molecular weight excluding hydrogens is 482 g/mol. The number of hydrogen-bond acceptors (Lipinski definition) is 6. The van der Waals surface area contributed by atoms with Gasteiger partial charge in [0, 0.05) is 29.1 Å². The number of methoxy groups -OCH3 is 1. The van der Waals surface area contributed by atoms with Crippen molar-refractivity contribution in [1.29, 1.82) is 0 Å². The van der Waals surface area contributed by atoms with Crippen LogP contribution in [0.1, 0.15) is 29.9 Å². The number of rotatable bonds is 3. The summed E-state index contributed by atoms with van der Waals surface area (Å²) in [5.74, 6) is 1.29. The maximum Gasteiger partial charge on any atom is 0.275 e. The lowest BCUT2D eigenvalue weighted by molar-refractivity contribution is -0.0374. The first-order chi connectivity index (χ1) is 14.9. The van der Waals surface area contributed by atoms with Gasteiger partial charge in [0.1, 0.15) is 18.1 Å². The van der Waals surface area contributed by atoms with E-state index in [0.29, 0.717) is 37.0 Å². The quantitative estimate of drug-likeness (QED) is 0.525. The lowest BCUT2D eigenvalue weighted by Gasteiger charge is -2.41. The fourth-order valence-electron chi connectivity index (χ4n) is 4.11. The van der Waals surface area contributed by atoms with Crippen LogP contribution in [0.3, 0.4) is 0 Å². The molecule has 0 unspecified atom stereocenters. The van der Waals surface area contributed by atoms with Crippen molar-refractivity contribution in [2.75, 3.05) is 26.9 Å². The van der Waals surface area contributed by atoms with Crippen molar-refractivity contribution in [1.82, 2.24) is 14.7 Å². The molecule has 2 aromatic heterocycles. The van der Waals surface area contributed by atoms with Crippen LogP contribution < -0.4 is 9.47 Å². The maximum absolute atomic E-state index is 13.7. The van der Waals surface area contributed by atoms with E-state index in [9.17, 15) is 4.79 Å². The van der Waals surface area contributed by atoms with Crippen LogP contribution >= 0.6 is 27.3 Å². The number of morpholine rings is 1. The predicted octanol–water partition coefficient (Wildman–Crippen LogP) is 4.52. The van der Waals surface area contributed by atoms with Crippen LogP contribution in [0.25, 0.3) is 16.9 Å². The lowest BCUT2D eigenvalue weighted by atomic mass is 9.99. The summed E-state index contributed by atoms with van der Waals surface area (Å²) in [6, 6.07) is 5.82. The summed E-state index contributed by atoms with van der Waals surface area (Å²) in [7, 11) is 1.62. The Kier molecular flexibility index (Phi) is 5.07. The van der Waals surface area contributed by atoms with Gasteiger partial charge in [0.25, 0.3) is 5.91 Å². The Hall–Kier alpha value is -2.36. The van der Waals surface area contributed by atoms with Crippen LogP contribution in [0.15, 0.2) is 33.4 Å². The molecule has 0 N–H and O–H groups in total. The summed E-state index contributed by atoms with van der Waals surface area (Å²) in [4.78, 5) is 15.5. The van der Waals surface area contributed by atoms with Crippen molar-refractivity contribution in [2.45, 2.75) is 26.0 Å². The number of aromatic nitrogens is 2. The summed E-state index contributed by atoms with van der Waals surface area (Å²) >= 11 is 5.16. The van der Waals surface area contributed by atoms with Crippen molar-refractivity contribution >= 4 is 33.2 Å². The van der Waals surface area contributed by atoms with E-state index in [1.807, 2.05) is 52.4 Å². The summed E-state index contributed by atoms with van der Waals surface area (Å²) < 4.78 is 19.8. The molecule has 3 aromatic rings. The van der Waals surface area contributed by atoms with E-state index in [1.165, 1.54) is 0 Å². The molecule has 9 heteroatoms. The van der Waals surface area contributed by atoms with E-state index in [1.54, 1.807) is 18.4 Å². The molecular formula is C22H22BrN3O4S. The monoisotopic (exact) mass is 503 g/mol. The molecule has 1 aromatic carbocycles. The number of fused-ring (bicyclic) bond motifs is 3. The zero-order chi connectivity index (χ0) is 21.8. The third kappa shape index (κ3) is 3.35. The Morgan fingerprint density at radius 3 is 2.90 bits per heavy atom. The van der Waals surface area contributed by atoms with E-state index in [4.69, 9.17) is 19.3 Å². The third-order valence-corrected chi connectivity index (χ3v) is 7.00. The number of carbonyl (C=O) groups excluding carboxylic acids is 1. The fraction of sp³-hybridized carbons (Fsp3) is 0.364. The third-order valence-electron chi connectivity index (χ3n) is 5.71. The maximum atomic E-state index is 13.7. The molecule has 4 heterocycles. The van der Waals surface area contributed by atoms with Gasteiger partial charge in [0.15, 0.2) is 5.69 Å². The molecule has 0 saturated carbocycles. The topological polar surface area (TPSA) is 65.8 Å². The summed E-state index contributed by atoms with van der Waals surface area (Å²) in [5, 5.41) is 8.83. The zero-order valence-corrected chi connectivity index (χ0v) is 19.9. The van der Waals surface area contributed by atoms with Crippen LogP contribution in [-0.4, -0.2) is 53.0 Å². The molecule has 2 aliphatic heterocycles. The smallest absolute Gasteiger partial charge is 0.275 e. The van der Waals surface area contributed by atoms with Crippen molar-refractivity contribution < 1.29 is 19.0 Å². The minimum absolute atomic E-state index is 0.0989. The number of ether oxygens (including phenoxy) is 3. The van der Waals surface area contributed by atoms with Gasteiger partial charge < -0.3 is 19.1 Å². The molecule has 2 aliphatic rings. The minimum atomic E-state index is -0.405. The second-order valence-corrected chi connectivity index (χ2v) is 9.80. The van der Waals surface area contributed by atoms with Gasteiger partial charge >= 0.3 is 0 Å². The van der Waals surface area contributed by atoms with Gasteiger partial charge in [-0.25, -0.2) is 4.68 Å². The number of hydrogen-bond donors (Lipinski definition) is 0. The van der Waals surface area contributed by atoms with Crippen molar-refractivity contribution in [2.24, 2.45) is 0 Å². The highest BCUT2D eigenvalue weighted by atomic mass is 79.9. The number of amides is 1. The minimum Gasteiger partial charge on any atom is -0.495 e. The number of halogens is 1. The van der Waals surface area contributed by atoms with Gasteiger partial charge in [0.2, 0.25) is 0 Å². The Balaban J connectivity index is 1.69. The van der Waals surface area contributed by atoms with Crippen LogP contribution in [0.5, 0.6) is 11.5 Å². The molecule has 162 valence electrons. The highest BCUT2D eigenvalue weighted by Gasteiger charge is 2.39. The van der Waals surface area contributed by atoms with Crippen LogP contribution in [0.4, 0.5) is 0 Å². The molecule has 0 aliphatic carbocycles. The van der Waals surface area contributed by atoms with Crippen molar-refractivity contribution in [3.05, 3.63) is 44.7 Å². The van der Waals surface area contributed by atoms with E-state index in [2.05, 4.69) is 15.9 Å². The molecule has 1 fully saturated rings. The van der Waals surface area contributed by atoms with Gasteiger partial charge in [-0.3, -0.25) is 4.79 Å². The molecule has 5 rings (SSSR count). The summed E-state index contributed by atoms with van der Waals surface area (Å²) in [6.07, 6.45) is 0. The van der Waals surface area contributed by atoms with Gasteiger partial charge in [-0.2, -0.15) is 16.4 Å². The second-order valence-electron chi connectivity index (χ2n) is 8.16. The Morgan fingerprint density at radius 1 is 1.35 bits per heavy atom. The Bertz CT molecular complexity index is 1160. The van der Waals surface area contributed by atoms with Gasteiger partial charge in [-0.05, 0) is 47.3 Å². The van der Waals surface area contributed by atoms with E-state index >= 15 is 0 Å². The largest absolute Gasteiger partial charge is 0.495 e. The highest BCUT2D eigenvalue weighted by Crippen LogP contribution is 2.45. The molecule has 0 atom stereocenters. The lowest BCUT2D eigenvalue weighted by Crippen LogP contribution is -2.55. The van der Waals surface area contributed by atoms with E-state index < -0.39 is 5.54 Å². The van der Waals surface area contributed by atoms with Gasteiger partial charge in [-0.15, -0.1) is 0 Å². The number of thiophene rings is 1. The molecule has 31 heavy (non-hydrogen) atoms. The normalized spacial score (nSPS) is 17.0. The molecule has 1 saturated heterocycles. The highest BCUT2D eigenvalue weighted by molar-refractivity contribution is 9.10. The van der Waals surface area contributed by atoms with Gasteiger partial charge in [-0.1, -0.05) is 0 Å². The van der Waals surface area contributed by atoms with Crippen molar-refractivity contribution in [3.63, 3.8) is 0 Å². The number of benzene rings is 1. The van der Waals surface area contributed by atoms with E-state index in [0.717, 1.165) is 27.0 Å². The SMILES string of the molecule is COc1cc2c(cc1Br)-c1c(c(C(=O)N3CCOCC3(C)C)nn1-c1ccsc1)CO2. The van der Waals surface area contributed by atoms with E-state index in [-0.39, 0.29) is 12.5 Å². The molecule has 0 spiro atoms. The number of nitrogens with zero attached hydrogens (tertiary/aromatic N) is 3. The average Bonchev–Trinajstić information content (AvgIpc) is 3.40.